The van der Waals surface area contributed by atoms with Crippen LogP contribution in [0.1, 0.15) is 38.2 Å². The minimum Gasteiger partial charge on any atom is -0.503 e. The van der Waals surface area contributed by atoms with Crippen molar-refractivity contribution in [3.63, 3.8) is 0 Å². The van der Waals surface area contributed by atoms with Crippen molar-refractivity contribution in [2.75, 3.05) is 12.5 Å². The van der Waals surface area contributed by atoms with Gasteiger partial charge in [0, 0.05) is 13.6 Å². The number of ether oxygens (including phenoxy) is 1. The fourth-order valence-electron chi connectivity index (χ4n) is 3.22. The molecule has 2 heterocycles. The highest BCUT2D eigenvalue weighted by Crippen LogP contribution is 2.34. The summed E-state index contributed by atoms with van der Waals surface area (Å²) in [6.45, 7) is 2.69. The molecule has 3 N–H and O–H groups in total. The van der Waals surface area contributed by atoms with E-state index in [1.807, 2.05) is 0 Å². The van der Waals surface area contributed by atoms with Gasteiger partial charge in [-0.3, -0.25) is 14.3 Å². The number of unbranched alkanes of at least 4 members (excludes halogenated alkanes) is 3. The van der Waals surface area contributed by atoms with E-state index in [1.165, 1.54) is 17.9 Å². The number of aromatic amines is 1. The quantitative estimate of drug-likeness (QED) is 0.239. The number of fused-ring (bicyclic) bond motifs is 1. The Hall–Kier alpha value is -3.08. The minimum absolute atomic E-state index is 0.00150. The van der Waals surface area contributed by atoms with Gasteiger partial charge >= 0.3 is 5.69 Å². The molecule has 0 atom stereocenters. The molecule has 0 unspecified atom stereocenters. The van der Waals surface area contributed by atoms with Gasteiger partial charge in [-0.05, 0) is 40.0 Å². The van der Waals surface area contributed by atoms with E-state index in [0.29, 0.717) is 33.8 Å². The summed E-state index contributed by atoms with van der Waals surface area (Å²) in [7, 11) is 3.02. The van der Waals surface area contributed by atoms with E-state index in [1.54, 1.807) is 23.7 Å². The van der Waals surface area contributed by atoms with Gasteiger partial charge in [-0.25, -0.2) is 10.2 Å². The Morgan fingerprint density at radius 1 is 1.32 bits per heavy atom. The SMILES string of the molecule is CCCCCCn1c(NN=Cc2cc(Br)c(O)c(OC)c2)nc2c1c(=O)[nH]c(=O)n2C. The Morgan fingerprint density at radius 3 is 2.81 bits per heavy atom. The van der Waals surface area contributed by atoms with Crippen molar-refractivity contribution >= 4 is 39.3 Å². The third-order valence-electron chi connectivity index (χ3n) is 4.89. The van der Waals surface area contributed by atoms with Crippen LogP contribution in [-0.2, 0) is 13.6 Å². The molecule has 1 aromatic carbocycles. The summed E-state index contributed by atoms with van der Waals surface area (Å²) in [5.74, 6) is 0.668. The van der Waals surface area contributed by atoms with Crippen molar-refractivity contribution in [2.24, 2.45) is 12.1 Å². The lowest BCUT2D eigenvalue weighted by molar-refractivity contribution is 0.372. The summed E-state index contributed by atoms with van der Waals surface area (Å²) < 4.78 is 8.66. The summed E-state index contributed by atoms with van der Waals surface area (Å²) >= 11 is 3.27. The number of anilines is 1. The maximum absolute atomic E-state index is 12.5. The number of aromatic nitrogens is 4. The molecule has 0 saturated heterocycles. The lowest BCUT2D eigenvalue weighted by Crippen LogP contribution is -2.29. The summed E-state index contributed by atoms with van der Waals surface area (Å²) in [6.07, 6.45) is 5.61. The molecule has 10 nitrogen and oxygen atoms in total. The first-order valence-corrected chi connectivity index (χ1v) is 10.7. The van der Waals surface area contributed by atoms with Crippen molar-refractivity contribution in [1.29, 1.82) is 0 Å². The fourth-order valence-corrected chi connectivity index (χ4v) is 3.68. The van der Waals surface area contributed by atoms with Crippen LogP contribution < -0.4 is 21.4 Å². The number of aromatic hydroxyl groups is 1. The second kappa shape index (κ2) is 9.82. The van der Waals surface area contributed by atoms with Crippen LogP contribution in [0.25, 0.3) is 11.2 Å². The molecule has 3 aromatic rings. The zero-order valence-electron chi connectivity index (χ0n) is 17.6. The molecule has 0 radical (unpaired) electrons. The average Bonchev–Trinajstić information content (AvgIpc) is 3.11. The van der Waals surface area contributed by atoms with Gasteiger partial charge in [0.15, 0.2) is 22.7 Å². The van der Waals surface area contributed by atoms with Crippen LogP contribution in [0.2, 0.25) is 0 Å². The molecule has 0 amide bonds. The molecule has 166 valence electrons. The smallest absolute Gasteiger partial charge is 0.329 e. The van der Waals surface area contributed by atoms with E-state index in [4.69, 9.17) is 4.74 Å². The van der Waals surface area contributed by atoms with Gasteiger partial charge in [-0.1, -0.05) is 26.2 Å². The van der Waals surface area contributed by atoms with Gasteiger partial charge in [-0.2, -0.15) is 10.1 Å². The highest BCUT2D eigenvalue weighted by molar-refractivity contribution is 9.10. The summed E-state index contributed by atoms with van der Waals surface area (Å²) in [5, 5.41) is 14.2. The normalized spacial score (nSPS) is 11.5. The summed E-state index contributed by atoms with van der Waals surface area (Å²) in [5.41, 5.74) is 3.15. The third kappa shape index (κ3) is 4.82. The zero-order chi connectivity index (χ0) is 22.5. The number of imidazole rings is 1. The van der Waals surface area contributed by atoms with E-state index >= 15 is 0 Å². The van der Waals surface area contributed by atoms with Gasteiger partial charge in [0.1, 0.15) is 0 Å². The number of phenolic OH excluding ortho intramolecular Hbond substituents is 1. The maximum atomic E-state index is 12.5. The zero-order valence-corrected chi connectivity index (χ0v) is 19.2. The Labute approximate surface area is 186 Å². The number of hydrazone groups is 1. The number of nitrogens with one attached hydrogen (secondary N) is 2. The van der Waals surface area contributed by atoms with Gasteiger partial charge in [0.25, 0.3) is 5.56 Å². The number of phenols is 1. The van der Waals surface area contributed by atoms with Gasteiger partial charge in [0.2, 0.25) is 5.95 Å². The first-order chi connectivity index (χ1) is 14.9. The van der Waals surface area contributed by atoms with E-state index in [2.05, 4.69) is 43.3 Å². The van der Waals surface area contributed by atoms with Crippen molar-refractivity contribution in [3.8, 4) is 11.5 Å². The average molecular weight is 493 g/mol. The second-order valence-corrected chi connectivity index (χ2v) is 7.92. The second-order valence-electron chi connectivity index (χ2n) is 7.06. The highest BCUT2D eigenvalue weighted by Gasteiger charge is 2.17. The van der Waals surface area contributed by atoms with Crippen LogP contribution in [0.5, 0.6) is 11.5 Å². The Bertz CT molecular complexity index is 1230. The number of H-pyrrole nitrogens is 1. The maximum Gasteiger partial charge on any atom is 0.329 e. The number of benzene rings is 1. The molecular formula is C20H25BrN6O4. The molecule has 3 rings (SSSR count). The number of hydrogen-bond donors (Lipinski definition) is 3. The first kappa shape index (κ1) is 22.6. The Kier molecular flexibility index (Phi) is 7.16. The molecule has 0 bridgehead atoms. The van der Waals surface area contributed by atoms with Crippen molar-refractivity contribution in [2.45, 2.75) is 39.2 Å². The molecule has 0 fully saturated rings. The molecule has 11 heteroatoms. The fraction of sp³-hybridized carbons (Fsp3) is 0.400. The molecule has 0 spiro atoms. The monoisotopic (exact) mass is 492 g/mol. The molecule has 0 aliphatic heterocycles. The Morgan fingerprint density at radius 2 is 2.10 bits per heavy atom. The van der Waals surface area contributed by atoms with Crippen LogP contribution in [0.3, 0.4) is 0 Å². The number of hydrogen-bond acceptors (Lipinski definition) is 7. The number of methoxy groups -OCH3 is 1. The van der Waals surface area contributed by atoms with E-state index in [0.717, 1.165) is 25.7 Å². The largest absolute Gasteiger partial charge is 0.503 e. The number of nitrogens with zero attached hydrogens (tertiary/aromatic N) is 4. The van der Waals surface area contributed by atoms with Crippen molar-refractivity contribution < 1.29 is 9.84 Å². The summed E-state index contributed by atoms with van der Waals surface area (Å²) in [6, 6.07) is 3.32. The van der Waals surface area contributed by atoms with Crippen molar-refractivity contribution in [3.05, 3.63) is 43.0 Å². The molecule has 0 saturated carbocycles. The van der Waals surface area contributed by atoms with Crippen LogP contribution in [0, 0.1) is 0 Å². The minimum atomic E-state index is -0.524. The highest BCUT2D eigenvalue weighted by atomic mass is 79.9. The van der Waals surface area contributed by atoms with E-state index in [-0.39, 0.29) is 11.4 Å². The summed E-state index contributed by atoms with van der Waals surface area (Å²) in [4.78, 5) is 31.2. The number of halogens is 1. The van der Waals surface area contributed by atoms with Crippen LogP contribution in [-0.4, -0.2) is 37.5 Å². The van der Waals surface area contributed by atoms with Crippen molar-refractivity contribution in [1.82, 2.24) is 19.1 Å². The Balaban J connectivity index is 1.95. The molecule has 2 aromatic heterocycles. The van der Waals surface area contributed by atoms with Crippen LogP contribution >= 0.6 is 15.9 Å². The van der Waals surface area contributed by atoms with E-state index < -0.39 is 11.2 Å². The topological polar surface area (TPSA) is 127 Å². The third-order valence-corrected chi connectivity index (χ3v) is 5.50. The van der Waals surface area contributed by atoms with E-state index in [9.17, 15) is 14.7 Å². The standard InChI is InChI=1S/C20H25BrN6O4/c1-4-5-6-7-8-27-15-17(26(2)20(30)24-18(15)29)23-19(27)25-22-11-12-9-13(21)16(28)14(10-12)31-3/h9-11,28H,4-8H2,1-3H3,(H,23,25)(H,24,29,30). The predicted molar refractivity (Wildman–Crippen MR) is 123 cm³/mol. The van der Waals surface area contributed by atoms with Crippen LogP contribution in [0.4, 0.5) is 5.95 Å². The lowest BCUT2D eigenvalue weighted by Gasteiger charge is -2.08. The number of aryl methyl sites for hydroxylation is 2. The first-order valence-electron chi connectivity index (χ1n) is 9.92. The molecule has 0 aliphatic carbocycles. The van der Waals surface area contributed by atoms with Gasteiger partial charge in [-0.15, -0.1) is 0 Å². The predicted octanol–water partition coefficient (Wildman–Crippen LogP) is 2.93. The lowest BCUT2D eigenvalue weighted by atomic mass is 10.2. The molecular weight excluding hydrogens is 468 g/mol. The van der Waals surface area contributed by atoms with Crippen LogP contribution in [0.15, 0.2) is 31.3 Å². The molecule has 31 heavy (non-hydrogen) atoms. The molecule has 0 aliphatic rings. The number of rotatable bonds is 9. The van der Waals surface area contributed by atoms with Gasteiger partial charge < -0.3 is 14.4 Å². The van der Waals surface area contributed by atoms with Gasteiger partial charge in [0.05, 0.1) is 17.8 Å².